The third kappa shape index (κ3) is 3.10. The first kappa shape index (κ1) is 13.1. The maximum atomic E-state index is 11.9. The lowest BCUT2D eigenvalue weighted by Crippen LogP contribution is -2.31. The molecule has 1 aromatic heterocycles. The van der Waals surface area contributed by atoms with Crippen molar-refractivity contribution >= 4 is 23.2 Å². The average Bonchev–Trinajstić information content (AvgIpc) is 2.87. The maximum absolute atomic E-state index is 11.9. The highest BCUT2D eigenvalue weighted by Gasteiger charge is 2.40. The predicted octanol–water partition coefficient (Wildman–Crippen LogP) is 2.12. The Bertz CT molecular complexity index is 429. The monoisotopic (exact) mass is 267 g/mol. The highest BCUT2D eigenvalue weighted by atomic mass is 32.1. The number of carbonyl (C=O) groups excluding carboxylic acids is 2. The lowest BCUT2D eigenvalue weighted by atomic mass is 10.1. The molecule has 0 saturated heterocycles. The van der Waals surface area contributed by atoms with E-state index >= 15 is 0 Å². The highest BCUT2D eigenvalue weighted by Crippen LogP contribution is 2.38. The molecule has 18 heavy (non-hydrogen) atoms. The molecule has 4 nitrogen and oxygen atoms in total. The van der Waals surface area contributed by atoms with Crippen LogP contribution in [0.5, 0.6) is 0 Å². The van der Waals surface area contributed by atoms with Crippen molar-refractivity contribution in [3.63, 3.8) is 0 Å². The Morgan fingerprint density at radius 1 is 1.61 bits per heavy atom. The Morgan fingerprint density at radius 2 is 2.33 bits per heavy atom. The summed E-state index contributed by atoms with van der Waals surface area (Å²) in [5, 5.41) is 4.88. The van der Waals surface area contributed by atoms with Gasteiger partial charge >= 0.3 is 5.97 Å². The van der Waals surface area contributed by atoms with E-state index in [4.69, 9.17) is 0 Å². The third-order valence-electron chi connectivity index (χ3n) is 3.25. The third-order valence-corrected chi connectivity index (χ3v) is 4.23. The molecule has 1 fully saturated rings. The van der Waals surface area contributed by atoms with Crippen molar-refractivity contribution in [1.29, 1.82) is 0 Å². The van der Waals surface area contributed by atoms with E-state index in [9.17, 15) is 9.59 Å². The molecule has 1 aromatic rings. The molecule has 1 heterocycles. The molecule has 3 atom stereocenters. The molecular formula is C13H17NO3S. The fraction of sp³-hybridized carbons (Fsp3) is 0.538. The van der Waals surface area contributed by atoms with Gasteiger partial charge in [-0.25, -0.2) is 0 Å². The summed E-state index contributed by atoms with van der Waals surface area (Å²) in [6, 6.07) is 3.57. The maximum Gasteiger partial charge on any atom is 0.307 e. The van der Waals surface area contributed by atoms with Crippen LogP contribution < -0.4 is 5.32 Å². The summed E-state index contributed by atoms with van der Waals surface area (Å²) in [5.74, 6) is 0.319. The number of esters is 1. The zero-order chi connectivity index (χ0) is 13.1. The molecule has 0 spiro atoms. The summed E-state index contributed by atoms with van der Waals surface area (Å²) in [4.78, 5) is 24.3. The summed E-state index contributed by atoms with van der Waals surface area (Å²) in [6.45, 7) is 2.06. The lowest BCUT2D eigenvalue weighted by molar-refractivity contribution is -0.141. The zero-order valence-electron chi connectivity index (χ0n) is 10.5. The number of hydrogen-bond acceptors (Lipinski definition) is 4. The van der Waals surface area contributed by atoms with Crippen LogP contribution in [0.3, 0.4) is 0 Å². The fourth-order valence-electron chi connectivity index (χ4n) is 1.93. The first-order valence-electron chi connectivity index (χ1n) is 6.02. The van der Waals surface area contributed by atoms with Crippen LogP contribution in [0, 0.1) is 11.8 Å². The smallest absolute Gasteiger partial charge is 0.307 e. The van der Waals surface area contributed by atoms with Crippen molar-refractivity contribution < 1.29 is 14.3 Å². The number of rotatable bonds is 5. The number of methoxy groups -OCH3 is 1. The minimum absolute atomic E-state index is 0.0461. The van der Waals surface area contributed by atoms with E-state index < -0.39 is 0 Å². The van der Waals surface area contributed by atoms with Crippen LogP contribution in [0.15, 0.2) is 17.5 Å². The van der Waals surface area contributed by atoms with Gasteiger partial charge in [0.1, 0.15) is 0 Å². The van der Waals surface area contributed by atoms with Crippen LogP contribution in [-0.2, 0) is 14.3 Å². The summed E-state index contributed by atoms with van der Waals surface area (Å²) < 4.78 is 4.67. The Balaban J connectivity index is 2.00. The van der Waals surface area contributed by atoms with Gasteiger partial charge in [0.15, 0.2) is 0 Å². The minimum atomic E-state index is -0.308. The van der Waals surface area contributed by atoms with Gasteiger partial charge in [-0.2, -0.15) is 0 Å². The van der Waals surface area contributed by atoms with Gasteiger partial charge in [-0.1, -0.05) is 13.0 Å². The zero-order valence-corrected chi connectivity index (χ0v) is 11.3. The van der Waals surface area contributed by atoms with E-state index in [1.54, 1.807) is 0 Å². The Morgan fingerprint density at radius 3 is 2.83 bits per heavy atom. The van der Waals surface area contributed by atoms with Gasteiger partial charge in [-0.15, -0.1) is 11.3 Å². The van der Waals surface area contributed by atoms with E-state index in [1.807, 2.05) is 17.5 Å². The van der Waals surface area contributed by atoms with Crippen molar-refractivity contribution in [1.82, 2.24) is 5.32 Å². The van der Waals surface area contributed by atoms with E-state index in [0.29, 0.717) is 5.92 Å². The molecule has 0 aliphatic heterocycles. The van der Waals surface area contributed by atoms with Gasteiger partial charge < -0.3 is 10.1 Å². The number of nitrogens with one attached hydrogen (secondary N) is 1. The normalized spacial score (nSPS) is 23.2. The van der Waals surface area contributed by atoms with E-state index in [-0.39, 0.29) is 30.3 Å². The molecule has 0 radical (unpaired) electrons. The number of thiophene rings is 1. The SMILES string of the molecule is COC(=O)C[C@H](NC(=O)[C@@H]1C[C@H]1C)c1cccs1. The molecular weight excluding hydrogens is 250 g/mol. The molecule has 1 saturated carbocycles. The Kier molecular flexibility index (Phi) is 4.01. The van der Waals surface area contributed by atoms with Crippen molar-refractivity contribution in [3.8, 4) is 0 Å². The summed E-state index contributed by atoms with van der Waals surface area (Å²) >= 11 is 1.54. The summed E-state index contributed by atoms with van der Waals surface area (Å²) in [7, 11) is 1.36. The number of ether oxygens (including phenoxy) is 1. The number of carbonyl (C=O) groups is 2. The van der Waals surface area contributed by atoms with E-state index in [1.165, 1.54) is 18.4 Å². The lowest BCUT2D eigenvalue weighted by Gasteiger charge is -2.16. The van der Waals surface area contributed by atoms with Gasteiger partial charge in [-0.05, 0) is 23.8 Å². The van der Waals surface area contributed by atoms with Gasteiger partial charge in [0.2, 0.25) is 5.91 Å². The quantitative estimate of drug-likeness (QED) is 0.831. The van der Waals surface area contributed by atoms with Crippen LogP contribution in [-0.4, -0.2) is 19.0 Å². The van der Waals surface area contributed by atoms with E-state index in [2.05, 4.69) is 17.0 Å². The second-order valence-electron chi connectivity index (χ2n) is 4.68. The summed E-state index contributed by atoms with van der Waals surface area (Å²) in [5.41, 5.74) is 0. The van der Waals surface area contributed by atoms with Gasteiger partial charge in [0.25, 0.3) is 0 Å². The van der Waals surface area contributed by atoms with Crippen LogP contribution in [0.2, 0.25) is 0 Å². The second-order valence-corrected chi connectivity index (χ2v) is 5.66. The van der Waals surface area contributed by atoms with Crippen molar-refractivity contribution in [3.05, 3.63) is 22.4 Å². The topological polar surface area (TPSA) is 55.4 Å². The molecule has 0 aromatic carbocycles. The Labute approximate surface area is 110 Å². The van der Waals surface area contributed by atoms with Crippen molar-refractivity contribution in [2.75, 3.05) is 7.11 Å². The predicted molar refractivity (Wildman–Crippen MR) is 69.1 cm³/mol. The first-order chi connectivity index (χ1) is 8.61. The molecule has 98 valence electrons. The van der Waals surface area contributed by atoms with Crippen LogP contribution in [0.1, 0.15) is 30.7 Å². The molecule has 1 aliphatic carbocycles. The molecule has 1 aliphatic rings. The van der Waals surface area contributed by atoms with Crippen LogP contribution in [0.4, 0.5) is 0 Å². The van der Waals surface area contributed by atoms with Crippen molar-refractivity contribution in [2.45, 2.75) is 25.8 Å². The molecule has 1 amide bonds. The summed E-state index contributed by atoms with van der Waals surface area (Å²) in [6.07, 6.45) is 1.13. The average molecular weight is 267 g/mol. The minimum Gasteiger partial charge on any atom is -0.469 e. The largest absolute Gasteiger partial charge is 0.469 e. The highest BCUT2D eigenvalue weighted by molar-refractivity contribution is 7.10. The van der Waals surface area contributed by atoms with Gasteiger partial charge in [0.05, 0.1) is 19.6 Å². The molecule has 2 rings (SSSR count). The Hall–Kier alpha value is -1.36. The second kappa shape index (κ2) is 5.52. The first-order valence-corrected chi connectivity index (χ1v) is 6.90. The van der Waals surface area contributed by atoms with Crippen molar-refractivity contribution in [2.24, 2.45) is 11.8 Å². The van der Waals surface area contributed by atoms with E-state index in [0.717, 1.165) is 11.3 Å². The van der Waals surface area contributed by atoms with Crippen LogP contribution in [0.25, 0.3) is 0 Å². The van der Waals surface area contributed by atoms with Gasteiger partial charge in [-0.3, -0.25) is 9.59 Å². The molecule has 5 heteroatoms. The molecule has 0 bridgehead atoms. The standard InChI is InChI=1S/C13H17NO3S/c1-8-6-9(8)13(16)14-10(7-12(15)17-2)11-4-3-5-18-11/h3-5,8-10H,6-7H2,1-2H3,(H,14,16)/t8-,9-,10+/m1/s1. The molecule has 1 N–H and O–H groups in total. The van der Waals surface area contributed by atoms with Gasteiger partial charge in [0, 0.05) is 10.8 Å². The molecule has 0 unspecified atom stereocenters. The fourth-order valence-corrected chi connectivity index (χ4v) is 2.71. The number of hydrogen-bond donors (Lipinski definition) is 1. The van der Waals surface area contributed by atoms with Crippen LogP contribution >= 0.6 is 11.3 Å². The number of amides is 1.